The van der Waals surface area contributed by atoms with E-state index in [1.807, 2.05) is 51.2 Å². The van der Waals surface area contributed by atoms with Crippen molar-refractivity contribution in [1.82, 2.24) is 10.3 Å². The maximum Gasteiger partial charge on any atom is 0.198 e. The number of carbonyl (C=O) groups excluding carboxylic acids is 1. The molecule has 4 rings (SSSR count). The number of hydrogen-bond acceptors (Lipinski definition) is 3. The van der Waals surface area contributed by atoms with Crippen LogP contribution in [0.3, 0.4) is 0 Å². The van der Waals surface area contributed by atoms with Crippen LogP contribution in [-0.4, -0.2) is 16.3 Å². The van der Waals surface area contributed by atoms with Gasteiger partial charge in [0.2, 0.25) is 0 Å². The van der Waals surface area contributed by atoms with Gasteiger partial charge in [-0.15, -0.1) is 0 Å². The maximum absolute atomic E-state index is 13.7. The molecule has 2 heterocycles. The zero-order valence-corrected chi connectivity index (χ0v) is 15.5. The van der Waals surface area contributed by atoms with Gasteiger partial charge in [-0.25, -0.2) is 4.39 Å². The Morgan fingerprint density at radius 2 is 1.96 bits per heavy atom. The molecule has 0 saturated heterocycles. The Morgan fingerprint density at radius 1 is 1.19 bits per heavy atom. The van der Waals surface area contributed by atoms with Gasteiger partial charge >= 0.3 is 0 Å². The fraction of sp³-hybridized carbons (Fsp3) is 0.227. The molecular weight excluding hydrogens is 343 g/mol. The molecule has 5 heteroatoms. The minimum absolute atomic E-state index is 0.222. The number of carbonyl (C=O) groups is 1. The summed E-state index contributed by atoms with van der Waals surface area (Å²) in [6.45, 7) is 6.02. The van der Waals surface area contributed by atoms with Crippen LogP contribution in [-0.2, 0) is 0 Å². The van der Waals surface area contributed by atoms with E-state index in [9.17, 15) is 9.18 Å². The van der Waals surface area contributed by atoms with Gasteiger partial charge in [0.1, 0.15) is 11.6 Å². The molecule has 1 aromatic heterocycles. The predicted octanol–water partition coefficient (Wildman–Crippen LogP) is 4.90. The molecule has 1 unspecified atom stereocenters. The van der Waals surface area contributed by atoms with Crippen LogP contribution >= 0.6 is 0 Å². The van der Waals surface area contributed by atoms with E-state index in [0.29, 0.717) is 11.3 Å². The third-order valence-corrected chi connectivity index (χ3v) is 4.54. The highest BCUT2D eigenvalue weighted by atomic mass is 19.1. The Balaban J connectivity index is 1.87. The smallest absolute Gasteiger partial charge is 0.198 e. The van der Waals surface area contributed by atoms with E-state index in [1.165, 1.54) is 18.2 Å². The number of aromatic amines is 1. The highest BCUT2D eigenvalue weighted by molar-refractivity contribution is 6.12. The molecule has 1 atom stereocenters. The monoisotopic (exact) mass is 364 g/mol. The molecule has 0 spiro atoms. The van der Waals surface area contributed by atoms with E-state index in [0.717, 1.165) is 16.5 Å². The molecular formula is C22H21FN2O2. The lowest BCUT2D eigenvalue weighted by Crippen LogP contribution is -2.34. The summed E-state index contributed by atoms with van der Waals surface area (Å²) in [5.41, 5.74) is 2.31. The predicted molar refractivity (Wildman–Crippen MR) is 103 cm³/mol. The van der Waals surface area contributed by atoms with Crippen LogP contribution in [0.5, 0.6) is 5.75 Å². The second kappa shape index (κ2) is 6.27. The Morgan fingerprint density at radius 3 is 2.74 bits per heavy atom. The summed E-state index contributed by atoms with van der Waals surface area (Å²) < 4.78 is 19.9. The van der Waals surface area contributed by atoms with Crippen molar-refractivity contribution < 1.29 is 13.9 Å². The van der Waals surface area contributed by atoms with Gasteiger partial charge in [-0.1, -0.05) is 18.2 Å². The van der Waals surface area contributed by atoms with Crippen LogP contribution in [0, 0.1) is 5.82 Å². The Labute approximate surface area is 157 Å². The van der Waals surface area contributed by atoms with Crippen molar-refractivity contribution >= 4 is 16.7 Å². The molecule has 27 heavy (non-hydrogen) atoms. The zero-order valence-electron chi connectivity index (χ0n) is 15.5. The number of fused-ring (bicyclic) bond motifs is 2. The van der Waals surface area contributed by atoms with Gasteiger partial charge in [0.25, 0.3) is 0 Å². The molecule has 2 aromatic carbocycles. The number of aromatic nitrogens is 1. The standard InChI is InChI=1S/C22H21FN2O2/c1-22(2,3)25-12-17-20(26)15-10-13(23)8-9-19(15)27-21(17)16-11-24-18-7-5-4-6-14(16)18/h4-12,21,24-25H,1-3H3/b17-12+. The second-order valence-electron chi connectivity index (χ2n) is 7.75. The normalized spacial score (nSPS) is 18.4. The Hall–Kier alpha value is -3.08. The molecule has 138 valence electrons. The Kier molecular flexibility index (Phi) is 4.02. The first-order valence-corrected chi connectivity index (χ1v) is 8.88. The topological polar surface area (TPSA) is 54.1 Å². The number of rotatable bonds is 2. The average molecular weight is 364 g/mol. The minimum Gasteiger partial charge on any atom is -0.480 e. The highest BCUT2D eigenvalue weighted by Gasteiger charge is 2.35. The molecule has 2 N–H and O–H groups in total. The summed E-state index contributed by atoms with van der Waals surface area (Å²) in [7, 11) is 0. The number of H-pyrrole nitrogens is 1. The van der Waals surface area contributed by atoms with Crippen LogP contribution in [0.15, 0.2) is 60.4 Å². The fourth-order valence-electron chi connectivity index (χ4n) is 3.22. The molecule has 0 bridgehead atoms. The lowest BCUT2D eigenvalue weighted by atomic mass is 9.91. The van der Waals surface area contributed by atoms with Crippen molar-refractivity contribution in [3.8, 4) is 5.75 Å². The first-order chi connectivity index (χ1) is 12.8. The number of Topliss-reactive ketones (excluding diaryl/α,β-unsaturated/α-hetero) is 1. The lowest BCUT2D eigenvalue weighted by Gasteiger charge is -2.29. The average Bonchev–Trinajstić information content (AvgIpc) is 3.04. The number of nitrogens with one attached hydrogen (secondary N) is 2. The SMILES string of the molecule is CC(C)(C)N/C=C1\C(=O)c2cc(F)ccc2OC1c1c[nH]c2ccccc12. The summed E-state index contributed by atoms with van der Waals surface area (Å²) in [5.74, 6) is -0.299. The van der Waals surface area contributed by atoms with Gasteiger partial charge in [-0.2, -0.15) is 0 Å². The van der Waals surface area contributed by atoms with Gasteiger partial charge in [0.15, 0.2) is 11.9 Å². The molecule has 1 aliphatic heterocycles. The lowest BCUT2D eigenvalue weighted by molar-refractivity contribution is 0.0959. The van der Waals surface area contributed by atoms with Crippen LogP contribution < -0.4 is 10.1 Å². The van der Waals surface area contributed by atoms with E-state index in [2.05, 4.69) is 10.3 Å². The zero-order chi connectivity index (χ0) is 19.2. The fourth-order valence-corrected chi connectivity index (χ4v) is 3.22. The first-order valence-electron chi connectivity index (χ1n) is 8.88. The van der Waals surface area contributed by atoms with Crippen LogP contribution in [0.2, 0.25) is 0 Å². The van der Waals surface area contributed by atoms with E-state index in [-0.39, 0.29) is 16.9 Å². The van der Waals surface area contributed by atoms with Gasteiger partial charge in [0, 0.05) is 34.4 Å². The first kappa shape index (κ1) is 17.3. The van der Waals surface area contributed by atoms with Crippen LogP contribution in [0.1, 0.15) is 42.8 Å². The second-order valence-corrected chi connectivity index (χ2v) is 7.75. The van der Waals surface area contributed by atoms with Crippen LogP contribution in [0.25, 0.3) is 10.9 Å². The van der Waals surface area contributed by atoms with Crippen molar-refractivity contribution in [2.24, 2.45) is 0 Å². The molecule has 0 saturated carbocycles. The van der Waals surface area contributed by atoms with E-state index in [1.54, 1.807) is 6.20 Å². The molecule has 4 nitrogen and oxygen atoms in total. The summed E-state index contributed by atoms with van der Waals surface area (Å²) in [4.78, 5) is 16.4. The maximum atomic E-state index is 13.7. The van der Waals surface area contributed by atoms with Crippen molar-refractivity contribution in [2.45, 2.75) is 32.4 Å². The third kappa shape index (κ3) is 3.21. The largest absolute Gasteiger partial charge is 0.480 e. The molecule has 1 aliphatic rings. The minimum atomic E-state index is -0.582. The van der Waals surface area contributed by atoms with E-state index in [4.69, 9.17) is 4.74 Å². The summed E-state index contributed by atoms with van der Waals surface area (Å²) in [6, 6.07) is 11.9. The summed E-state index contributed by atoms with van der Waals surface area (Å²) >= 11 is 0. The van der Waals surface area contributed by atoms with E-state index >= 15 is 0 Å². The van der Waals surface area contributed by atoms with Crippen molar-refractivity contribution in [1.29, 1.82) is 0 Å². The number of para-hydroxylation sites is 1. The highest BCUT2D eigenvalue weighted by Crippen LogP contribution is 2.40. The van der Waals surface area contributed by atoms with Crippen molar-refractivity contribution in [2.75, 3.05) is 0 Å². The number of benzene rings is 2. The molecule has 0 radical (unpaired) electrons. The van der Waals surface area contributed by atoms with Crippen molar-refractivity contribution in [3.05, 3.63) is 77.4 Å². The number of ether oxygens (including phenoxy) is 1. The summed E-state index contributed by atoms with van der Waals surface area (Å²) in [6.07, 6.45) is 2.98. The van der Waals surface area contributed by atoms with Gasteiger partial charge in [-0.05, 0) is 45.0 Å². The third-order valence-electron chi connectivity index (χ3n) is 4.54. The van der Waals surface area contributed by atoms with E-state index < -0.39 is 11.9 Å². The number of ketones is 1. The van der Waals surface area contributed by atoms with Gasteiger partial charge in [-0.3, -0.25) is 4.79 Å². The quantitative estimate of drug-likeness (QED) is 0.636. The van der Waals surface area contributed by atoms with Gasteiger partial charge < -0.3 is 15.0 Å². The number of halogens is 1. The van der Waals surface area contributed by atoms with Crippen molar-refractivity contribution in [3.63, 3.8) is 0 Å². The van der Waals surface area contributed by atoms with Gasteiger partial charge in [0.05, 0.1) is 11.1 Å². The Bertz CT molecular complexity index is 1060. The molecule has 3 aromatic rings. The molecule has 0 amide bonds. The number of hydrogen-bond donors (Lipinski definition) is 2. The molecule has 0 fully saturated rings. The summed E-state index contributed by atoms with van der Waals surface area (Å²) in [5, 5.41) is 4.23. The molecule has 0 aliphatic carbocycles. The van der Waals surface area contributed by atoms with Crippen LogP contribution in [0.4, 0.5) is 4.39 Å².